The van der Waals surface area contributed by atoms with Crippen molar-refractivity contribution in [1.82, 2.24) is 9.97 Å². The largest absolute Gasteiger partial charge is 0.349 e. The van der Waals surface area contributed by atoms with E-state index in [1.54, 1.807) is 17.4 Å². The Balaban J connectivity index is 1.87. The summed E-state index contributed by atoms with van der Waals surface area (Å²) in [6, 6.07) is 6.91. The van der Waals surface area contributed by atoms with Crippen molar-refractivity contribution < 1.29 is 4.39 Å². The normalized spacial score (nSPS) is 12.8. The molecule has 3 aromatic rings. The summed E-state index contributed by atoms with van der Waals surface area (Å²) < 4.78 is 13.2. The van der Waals surface area contributed by atoms with Gasteiger partial charge in [0.1, 0.15) is 5.82 Å². The molecular weight excluding hydrogens is 273 g/mol. The highest BCUT2D eigenvalue weighted by atomic mass is 32.1. The first-order chi connectivity index (χ1) is 9.52. The van der Waals surface area contributed by atoms with Crippen LogP contribution in [-0.2, 0) is 0 Å². The molecule has 5 heteroatoms. The Morgan fingerprint density at radius 1 is 1.30 bits per heavy atom. The highest BCUT2D eigenvalue weighted by molar-refractivity contribution is 7.12. The molecule has 2 N–H and O–H groups in total. The number of H-pyrrole nitrogens is 1. The van der Waals surface area contributed by atoms with Crippen molar-refractivity contribution in [3.8, 4) is 0 Å². The number of aromatic nitrogens is 2. The van der Waals surface area contributed by atoms with Gasteiger partial charge in [0.2, 0.25) is 5.95 Å². The second-order valence-corrected chi connectivity index (χ2v) is 6.44. The van der Waals surface area contributed by atoms with Crippen LogP contribution in [0.25, 0.3) is 11.0 Å². The molecule has 2 aromatic heterocycles. The third-order valence-electron chi connectivity index (χ3n) is 3.34. The summed E-state index contributed by atoms with van der Waals surface area (Å²) in [5.41, 5.74) is 2.75. The second kappa shape index (κ2) is 4.90. The van der Waals surface area contributed by atoms with Gasteiger partial charge in [0.05, 0.1) is 17.1 Å². The number of nitrogens with one attached hydrogen (secondary N) is 2. The van der Waals surface area contributed by atoms with Crippen LogP contribution in [0.4, 0.5) is 10.3 Å². The Morgan fingerprint density at radius 3 is 2.80 bits per heavy atom. The summed E-state index contributed by atoms with van der Waals surface area (Å²) in [5.74, 6) is 0.409. The first-order valence-corrected chi connectivity index (χ1v) is 7.33. The lowest BCUT2D eigenvalue weighted by atomic mass is 10.1. The molecule has 0 radical (unpaired) electrons. The minimum atomic E-state index is -0.259. The monoisotopic (exact) mass is 289 g/mol. The van der Waals surface area contributed by atoms with Gasteiger partial charge in [-0.25, -0.2) is 9.37 Å². The van der Waals surface area contributed by atoms with Gasteiger partial charge in [0.15, 0.2) is 0 Å². The van der Waals surface area contributed by atoms with E-state index >= 15 is 0 Å². The van der Waals surface area contributed by atoms with E-state index in [1.807, 2.05) is 0 Å². The van der Waals surface area contributed by atoms with Gasteiger partial charge in [-0.15, -0.1) is 11.3 Å². The molecule has 3 nitrogen and oxygen atoms in total. The Morgan fingerprint density at radius 2 is 2.10 bits per heavy atom. The second-order valence-electron chi connectivity index (χ2n) is 4.98. The number of nitrogens with zero attached hydrogens (tertiary/aromatic N) is 1. The van der Waals surface area contributed by atoms with E-state index in [-0.39, 0.29) is 11.9 Å². The molecule has 0 aliphatic heterocycles. The fraction of sp³-hybridized carbons (Fsp3) is 0.267. The van der Waals surface area contributed by atoms with Crippen LogP contribution < -0.4 is 5.32 Å². The maximum atomic E-state index is 13.2. The quantitative estimate of drug-likeness (QED) is 0.742. The number of thiophene rings is 1. The molecule has 0 aliphatic carbocycles. The maximum absolute atomic E-state index is 13.2. The molecule has 3 rings (SSSR count). The molecule has 0 aliphatic rings. The van der Waals surface area contributed by atoms with E-state index in [1.165, 1.54) is 27.5 Å². The Hall–Kier alpha value is -1.88. The fourth-order valence-electron chi connectivity index (χ4n) is 2.41. The first-order valence-electron chi connectivity index (χ1n) is 6.51. The molecular formula is C15H16FN3S. The lowest BCUT2D eigenvalue weighted by Gasteiger charge is -2.12. The van der Waals surface area contributed by atoms with Crippen LogP contribution in [0.2, 0.25) is 0 Å². The lowest BCUT2D eigenvalue weighted by Crippen LogP contribution is -2.07. The van der Waals surface area contributed by atoms with Gasteiger partial charge in [0, 0.05) is 9.75 Å². The zero-order valence-corrected chi connectivity index (χ0v) is 12.4. The third-order valence-corrected chi connectivity index (χ3v) is 4.32. The van der Waals surface area contributed by atoms with Crippen LogP contribution in [0.5, 0.6) is 0 Å². The van der Waals surface area contributed by atoms with Crippen molar-refractivity contribution in [3.05, 3.63) is 45.4 Å². The van der Waals surface area contributed by atoms with E-state index in [2.05, 4.69) is 42.1 Å². The van der Waals surface area contributed by atoms with Gasteiger partial charge in [-0.3, -0.25) is 0 Å². The van der Waals surface area contributed by atoms with Crippen LogP contribution in [0.3, 0.4) is 0 Å². The number of rotatable bonds is 3. The molecule has 1 unspecified atom stereocenters. The van der Waals surface area contributed by atoms with Crippen molar-refractivity contribution in [1.29, 1.82) is 0 Å². The van der Waals surface area contributed by atoms with Crippen molar-refractivity contribution in [2.45, 2.75) is 26.8 Å². The van der Waals surface area contributed by atoms with Crippen LogP contribution in [0, 0.1) is 19.7 Å². The number of benzene rings is 1. The lowest BCUT2D eigenvalue weighted by molar-refractivity contribution is 0.629. The molecule has 20 heavy (non-hydrogen) atoms. The predicted octanol–water partition coefficient (Wildman–Crippen LogP) is 4.55. The number of fused-ring (bicyclic) bond motifs is 1. The standard InChI is InChI=1S/C15H16FN3S/c1-8-6-12(10(3)20-8)9(2)17-15-18-13-5-4-11(16)7-14(13)19-15/h4-7,9H,1-3H3,(H2,17,18,19). The van der Waals surface area contributed by atoms with Crippen LogP contribution >= 0.6 is 11.3 Å². The Labute approximate surface area is 120 Å². The van der Waals surface area contributed by atoms with Gasteiger partial charge in [-0.2, -0.15) is 0 Å². The van der Waals surface area contributed by atoms with Crippen LogP contribution in [-0.4, -0.2) is 9.97 Å². The molecule has 1 aromatic carbocycles. The fourth-order valence-corrected chi connectivity index (χ4v) is 3.44. The molecule has 2 heterocycles. The van der Waals surface area contributed by atoms with Crippen LogP contribution in [0.1, 0.15) is 28.3 Å². The summed E-state index contributed by atoms with van der Waals surface area (Å²) in [7, 11) is 0. The van der Waals surface area contributed by atoms with Crippen LogP contribution in [0.15, 0.2) is 24.3 Å². The molecule has 0 bridgehead atoms. The average molecular weight is 289 g/mol. The molecule has 0 fully saturated rings. The summed E-state index contributed by atoms with van der Waals surface area (Å²) >= 11 is 1.79. The van der Waals surface area contributed by atoms with E-state index in [9.17, 15) is 4.39 Å². The van der Waals surface area contributed by atoms with Crippen molar-refractivity contribution >= 4 is 28.3 Å². The first kappa shape index (κ1) is 13.1. The third kappa shape index (κ3) is 2.41. The number of hydrogen-bond acceptors (Lipinski definition) is 3. The number of aromatic amines is 1. The highest BCUT2D eigenvalue weighted by Crippen LogP contribution is 2.28. The number of imidazole rings is 1. The summed E-state index contributed by atoms with van der Waals surface area (Å²) in [4.78, 5) is 10.1. The molecule has 0 saturated heterocycles. The topological polar surface area (TPSA) is 40.7 Å². The molecule has 104 valence electrons. The van der Waals surface area contributed by atoms with Gasteiger partial charge in [-0.1, -0.05) is 0 Å². The molecule has 0 saturated carbocycles. The van der Waals surface area contributed by atoms with Crippen molar-refractivity contribution in [2.24, 2.45) is 0 Å². The van der Waals surface area contributed by atoms with Crippen molar-refractivity contribution in [2.75, 3.05) is 5.32 Å². The van der Waals surface area contributed by atoms with Gasteiger partial charge >= 0.3 is 0 Å². The maximum Gasteiger partial charge on any atom is 0.201 e. The van der Waals surface area contributed by atoms with E-state index in [0.717, 1.165) is 5.52 Å². The number of aryl methyl sites for hydroxylation is 2. The SMILES string of the molecule is Cc1cc(C(C)Nc2nc3ccc(F)cc3[nH]2)c(C)s1. The Kier molecular flexibility index (Phi) is 3.22. The number of hydrogen-bond donors (Lipinski definition) is 2. The summed E-state index contributed by atoms with van der Waals surface area (Å²) in [5, 5.41) is 3.34. The predicted molar refractivity (Wildman–Crippen MR) is 81.9 cm³/mol. The van der Waals surface area contributed by atoms with Crippen molar-refractivity contribution in [3.63, 3.8) is 0 Å². The van der Waals surface area contributed by atoms with Gasteiger partial charge in [-0.05, 0) is 50.6 Å². The highest BCUT2D eigenvalue weighted by Gasteiger charge is 2.13. The molecule has 0 spiro atoms. The molecule has 1 atom stereocenters. The van der Waals surface area contributed by atoms with E-state index in [4.69, 9.17) is 0 Å². The smallest absolute Gasteiger partial charge is 0.201 e. The summed E-state index contributed by atoms with van der Waals surface area (Å²) in [6.45, 7) is 6.33. The zero-order valence-electron chi connectivity index (χ0n) is 11.6. The summed E-state index contributed by atoms with van der Waals surface area (Å²) in [6.07, 6.45) is 0. The van der Waals surface area contributed by atoms with Gasteiger partial charge in [0.25, 0.3) is 0 Å². The minimum Gasteiger partial charge on any atom is -0.349 e. The van der Waals surface area contributed by atoms with E-state index < -0.39 is 0 Å². The Bertz CT molecular complexity index is 760. The van der Waals surface area contributed by atoms with E-state index in [0.29, 0.717) is 11.5 Å². The number of halogens is 1. The van der Waals surface area contributed by atoms with Gasteiger partial charge < -0.3 is 10.3 Å². The zero-order chi connectivity index (χ0) is 14.3. The average Bonchev–Trinajstić information content (AvgIpc) is 2.91. The molecule has 0 amide bonds. The number of anilines is 1. The minimum absolute atomic E-state index is 0.158.